The van der Waals surface area contributed by atoms with Gasteiger partial charge in [0.15, 0.2) is 0 Å². The van der Waals surface area contributed by atoms with Crippen molar-refractivity contribution in [2.24, 2.45) is 0 Å². The molecular formula is C56H97NO5. The number of carbonyl (C=O) groups excluding carboxylic acids is 2. The second-order valence-corrected chi connectivity index (χ2v) is 17.2. The molecule has 0 spiro atoms. The van der Waals surface area contributed by atoms with E-state index in [9.17, 15) is 19.8 Å². The van der Waals surface area contributed by atoms with Crippen molar-refractivity contribution in [3.8, 4) is 0 Å². The molecular weight excluding hydrogens is 767 g/mol. The minimum absolute atomic E-state index is 0.0275. The van der Waals surface area contributed by atoms with Crippen LogP contribution in [0.2, 0.25) is 0 Å². The summed E-state index contributed by atoms with van der Waals surface area (Å²) in [5.74, 6) is -0.556. The molecule has 356 valence electrons. The van der Waals surface area contributed by atoms with Crippen molar-refractivity contribution in [3.05, 3.63) is 85.1 Å². The van der Waals surface area contributed by atoms with Crippen molar-refractivity contribution in [2.45, 2.75) is 251 Å². The van der Waals surface area contributed by atoms with E-state index >= 15 is 0 Å². The van der Waals surface area contributed by atoms with Crippen molar-refractivity contribution in [1.29, 1.82) is 0 Å². The van der Waals surface area contributed by atoms with E-state index in [1.807, 2.05) is 0 Å². The first-order valence-electron chi connectivity index (χ1n) is 25.8. The van der Waals surface area contributed by atoms with Gasteiger partial charge in [0, 0.05) is 6.42 Å². The van der Waals surface area contributed by atoms with Gasteiger partial charge in [-0.3, -0.25) is 9.59 Å². The summed E-state index contributed by atoms with van der Waals surface area (Å²) in [6.45, 7) is 6.32. The number of ether oxygens (including phenoxy) is 1. The van der Waals surface area contributed by atoms with Gasteiger partial charge in [-0.1, -0.05) is 221 Å². The van der Waals surface area contributed by atoms with E-state index in [1.165, 1.54) is 83.5 Å². The van der Waals surface area contributed by atoms with Crippen LogP contribution in [-0.4, -0.2) is 46.9 Å². The van der Waals surface area contributed by atoms with E-state index in [0.29, 0.717) is 19.3 Å². The lowest BCUT2D eigenvalue weighted by atomic mass is 10.0. The monoisotopic (exact) mass is 864 g/mol. The van der Waals surface area contributed by atoms with Crippen molar-refractivity contribution in [1.82, 2.24) is 5.32 Å². The number of rotatable bonds is 45. The highest BCUT2D eigenvalue weighted by Crippen LogP contribution is 2.16. The molecule has 0 aliphatic rings. The smallest absolute Gasteiger partial charge is 0.306 e. The fraction of sp³-hybridized carbons (Fsp3) is 0.714. The first-order chi connectivity index (χ1) is 30.5. The molecule has 1 amide bonds. The molecule has 3 atom stereocenters. The SMILES string of the molecule is CC/C=C/C/C=C/C/C=C/C/C=C/CCCC(CC(=O)NC(CO)C(O)CCCCCCCCCCCCC)OC(=O)CCCCCCC/C=C/C=C/C=C/CCCCCCC. The maximum atomic E-state index is 13.2. The standard InChI is InChI=1S/C56H97NO5/c1-4-7-10-13-16-19-22-24-26-27-28-29-31-34-37-40-43-46-49-56(61)62-52(47-44-41-38-35-33-30-25-23-20-17-14-11-8-5-2)50-55(60)57-53(51-58)54(59)48-45-42-39-36-32-21-18-15-12-9-6-3/h8,11,17,20,22,24-30,35,38,52-54,58-59H,4-7,9-10,12-16,18-19,21,23,31-34,36-37,39-51H2,1-3H3,(H,57,60)/b11-8+,20-17+,24-22+,27-26+,29-28+,30-25+,38-35+. The quantitative estimate of drug-likeness (QED) is 0.0245. The van der Waals surface area contributed by atoms with E-state index in [2.05, 4.69) is 111 Å². The highest BCUT2D eigenvalue weighted by Gasteiger charge is 2.24. The topological polar surface area (TPSA) is 95.9 Å². The molecule has 0 radical (unpaired) electrons. The number of carbonyl (C=O) groups is 2. The third-order valence-electron chi connectivity index (χ3n) is 11.3. The van der Waals surface area contributed by atoms with Gasteiger partial charge in [-0.25, -0.2) is 0 Å². The highest BCUT2D eigenvalue weighted by molar-refractivity contribution is 5.77. The van der Waals surface area contributed by atoms with Gasteiger partial charge in [0.25, 0.3) is 0 Å². The number of hydrogen-bond donors (Lipinski definition) is 3. The third kappa shape index (κ3) is 43.7. The minimum atomic E-state index is -0.809. The van der Waals surface area contributed by atoms with Crippen LogP contribution in [0.4, 0.5) is 0 Å². The van der Waals surface area contributed by atoms with Gasteiger partial charge in [0.2, 0.25) is 5.91 Å². The van der Waals surface area contributed by atoms with Crippen LogP contribution in [0.5, 0.6) is 0 Å². The lowest BCUT2D eigenvalue weighted by Crippen LogP contribution is -2.46. The molecule has 62 heavy (non-hydrogen) atoms. The first kappa shape index (κ1) is 59.0. The predicted molar refractivity (Wildman–Crippen MR) is 268 cm³/mol. The summed E-state index contributed by atoms with van der Waals surface area (Å²) in [6.07, 6.45) is 63.6. The molecule has 0 heterocycles. The largest absolute Gasteiger partial charge is 0.462 e. The Morgan fingerprint density at radius 2 is 0.952 bits per heavy atom. The van der Waals surface area contributed by atoms with Crippen LogP contribution in [0.3, 0.4) is 0 Å². The van der Waals surface area contributed by atoms with Crippen LogP contribution in [0.25, 0.3) is 0 Å². The average Bonchev–Trinajstić information content (AvgIpc) is 3.26. The fourth-order valence-electron chi connectivity index (χ4n) is 7.37. The normalized spacial score (nSPS) is 14.0. The van der Waals surface area contributed by atoms with Crippen LogP contribution < -0.4 is 5.32 Å². The average molecular weight is 864 g/mol. The van der Waals surface area contributed by atoms with Crippen LogP contribution >= 0.6 is 0 Å². The molecule has 6 heteroatoms. The van der Waals surface area contributed by atoms with E-state index < -0.39 is 18.2 Å². The summed E-state index contributed by atoms with van der Waals surface area (Å²) in [7, 11) is 0. The molecule has 0 aromatic rings. The fourth-order valence-corrected chi connectivity index (χ4v) is 7.37. The van der Waals surface area contributed by atoms with Crippen molar-refractivity contribution < 1.29 is 24.5 Å². The number of aliphatic hydroxyl groups excluding tert-OH is 2. The zero-order valence-corrected chi connectivity index (χ0v) is 40.5. The summed E-state index contributed by atoms with van der Waals surface area (Å²) in [6, 6.07) is -0.727. The number of aliphatic hydroxyl groups is 2. The van der Waals surface area contributed by atoms with E-state index in [0.717, 1.165) is 103 Å². The van der Waals surface area contributed by atoms with Gasteiger partial charge in [-0.15, -0.1) is 0 Å². The zero-order chi connectivity index (χ0) is 45.2. The molecule has 0 aliphatic heterocycles. The number of unbranched alkanes of at least 4 members (excludes halogenated alkanes) is 21. The molecule has 0 fully saturated rings. The summed E-state index contributed by atoms with van der Waals surface area (Å²) in [5.41, 5.74) is 0. The van der Waals surface area contributed by atoms with Crippen molar-refractivity contribution in [3.63, 3.8) is 0 Å². The molecule has 0 aromatic carbocycles. The molecule has 0 saturated carbocycles. The molecule has 6 nitrogen and oxygen atoms in total. The van der Waals surface area contributed by atoms with Gasteiger partial charge >= 0.3 is 5.97 Å². The second-order valence-electron chi connectivity index (χ2n) is 17.2. The maximum absolute atomic E-state index is 13.2. The Morgan fingerprint density at radius 3 is 1.47 bits per heavy atom. The Hall–Kier alpha value is -2.96. The maximum Gasteiger partial charge on any atom is 0.306 e. The summed E-state index contributed by atoms with van der Waals surface area (Å²) in [5, 5.41) is 23.7. The highest BCUT2D eigenvalue weighted by atomic mass is 16.5. The zero-order valence-electron chi connectivity index (χ0n) is 40.5. The second kappa shape index (κ2) is 49.1. The Morgan fingerprint density at radius 1 is 0.500 bits per heavy atom. The predicted octanol–water partition coefficient (Wildman–Crippen LogP) is 15.6. The number of esters is 1. The van der Waals surface area contributed by atoms with Crippen LogP contribution in [0.1, 0.15) is 233 Å². The van der Waals surface area contributed by atoms with Crippen molar-refractivity contribution in [2.75, 3.05) is 6.61 Å². The van der Waals surface area contributed by atoms with E-state index in [1.54, 1.807) is 0 Å². The number of nitrogens with one attached hydrogen (secondary N) is 1. The number of allylic oxidation sites excluding steroid dienone is 14. The first-order valence-corrected chi connectivity index (χ1v) is 25.8. The van der Waals surface area contributed by atoms with Crippen LogP contribution in [0, 0.1) is 0 Å². The molecule has 0 saturated heterocycles. The van der Waals surface area contributed by atoms with Gasteiger partial charge in [-0.05, 0) is 83.5 Å². The lowest BCUT2D eigenvalue weighted by molar-refractivity contribution is -0.151. The van der Waals surface area contributed by atoms with Gasteiger partial charge in [0.1, 0.15) is 6.10 Å². The Kier molecular flexibility index (Phi) is 46.7. The third-order valence-corrected chi connectivity index (χ3v) is 11.3. The summed E-state index contributed by atoms with van der Waals surface area (Å²) < 4.78 is 5.90. The van der Waals surface area contributed by atoms with Crippen LogP contribution in [-0.2, 0) is 14.3 Å². The summed E-state index contributed by atoms with van der Waals surface area (Å²) >= 11 is 0. The molecule has 0 rings (SSSR count). The Labute approximate surface area is 383 Å². The molecule has 3 unspecified atom stereocenters. The molecule has 0 aromatic heterocycles. The van der Waals surface area contributed by atoms with Gasteiger partial charge in [0.05, 0.1) is 25.2 Å². The van der Waals surface area contributed by atoms with Crippen LogP contribution in [0.15, 0.2) is 85.1 Å². The Balaban J connectivity index is 4.71. The molecule has 3 N–H and O–H groups in total. The molecule has 0 bridgehead atoms. The van der Waals surface area contributed by atoms with Gasteiger partial charge < -0.3 is 20.3 Å². The lowest BCUT2D eigenvalue weighted by Gasteiger charge is -2.24. The van der Waals surface area contributed by atoms with Crippen molar-refractivity contribution >= 4 is 11.9 Å². The molecule has 0 aliphatic carbocycles. The Bertz CT molecular complexity index is 1200. The number of hydrogen-bond acceptors (Lipinski definition) is 5. The number of amides is 1. The van der Waals surface area contributed by atoms with E-state index in [-0.39, 0.29) is 24.9 Å². The minimum Gasteiger partial charge on any atom is -0.462 e. The van der Waals surface area contributed by atoms with E-state index in [4.69, 9.17) is 4.74 Å². The summed E-state index contributed by atoms with van der Waals surface area (Å²) in [4.78, 5) is 26.1. The van der Waals surface area contributed by atoms with Gasteiger partial charge in [-0.2, -0.15) is 0 Å².